The largest absolute Gasteiger partial charge is 0.0590 e. The summed E-state index contributed by atoms with van der Waals surface area (Å²) < 4.78 is 0. The quantitative estimate of drug-likeness (QED) is 0.493. The van der Waals surface area contributed by atoms with Crippen LogP contribution in [0.1, 0.15) is 52.8 Å². The molecule has 0 N–H and O–H groups in total. The van der Waals surface area contributed by atoms with Crippen LogP contribution in [0.3, 0.4) is 0 Å². The zero-order chi connectivity index (χ0) is 17.6. The van der Waals surface area contributed by atoms with Gasteiger partial charge in [-0.3, -0.25) is 0 Å². The third kappa shape index (κ3) is 2.65. The Morgan fingerprint density at radius 1 is 0.625 bits per heavy atom. The molecule has 0 heterocycles. The van der Waals surface area contributed by atoms with Gasteiger partial charge in [-0.2, -0.15) is 0 Å². The van der Waals surface area contributed by atoms with E-state index in [2.05, 4.69) is 90.9 Å². The van der Waals surface area contributed by atoms with Crippen LogP contribution < -0.4 is 0 Å². The summed E-state index contributed by atoms with van der Waals surface area (Å²) in [5.41, 5.74) is 9.66. The van der Waals surface area contributed by atoms with Gasteiger partial charge in [0.1, 0.15) is 0 Å². The lowest BCUT2D eigenvalue weighted by atomic mass is 9.76. The van der Waals surface area contributed by atoms with Gasteiger partial charge in [0.2, 0.25) is 0 Å². The molecule has 0 fully saturated rings. The van der Waals surface area contributed by atoms with E-state index in [0.29, 0.717) is 0 Å². The molecule has 3 rings (SSSR count). The molecule has 0 aromatic heterocycles. The fraction of sp³-hybridized carbons (Fsp3) is 0.333. The Balaban J connectivity index is 2.23. The van der Waals surface area contributed by atoms with Crippen molar-refractivity contribution in [2.75, 3.05) is 0 Å². The second kappa shape index (κ2) is 5.77. The van der Waals surface area contributed by atoms with Crippen LogP contribution in [0, 0.1) is 34.6 Å². The Labute approximate surface area is 146 Å². The third-order valence-corrected chi connectivity index (χ3v) is 5.76. The molecule has 0 amide bonds. The number of aryl methyl sites for hydroxylation is 4. The summed E-state index contributed by atoms with van der Waals surface area (Å²) in [5, 5.41) is 2.78. The molecule has 0 bridgehead atoms. The van der Waals surface area contributed by atoms with Crippen LogP contribution in [0.15, 0.2) is 42.5 Å². The molecule has 0 spiro atoms. The molecular weight excluding hydrogens is 288 g/mol. The van der Waals surface area contributed by atoms with Crippen molar-refractivity contribution in [3.63, 3.8) is 0 Å². The van der Waals surface area contributed by atoms with Crippen LogP contribution in [-0.2, 0) is 5.41 Å². The van der Waals surface area contributed by atoms with Gasteiger partial charge in [0.05, 0.1) is 0 Å². The first-order chi connectivity index (χ1) is 11.2. The van der Waals surface area contributed by atoms with Crippen molar-refractivity contribution in [2.24, 2.45) is 0 Å². The van der Waals surface area contributed by atoms with Crippen LogP contribution in [0.2, 0.25) is 0 Å². The molecule has 0 radical (unpaired) electrons. The van der Waals surface area contributed by atoms with E-state index in [4.69, 9.17) is 0 Å². The molecule has 0 unspecified atom stereocenters. The Morgan fingerprint density at radius 2 is 1.25 bits per heavy atom. The van der Waals surface area contributed by atoms with Crippen LogP contribution in [0.5, 0.6) is 0 Å². The van der Waals surface area contributed by atoms with Gasteiger partial charge < -0.3 is 0 Å². The minimum atomic E-state index is -0.000649. The van der Waals surface area contributed by atoms with Crippen LogP contribution in [-0.4, -0.2) is 0 Å². The van der Waals surface area contributed by atoms with E-state index in [1.807, 2.05) is 0 Å². The SMILES string of the molecule is Cc1ccc(C(C)(C)c2cc(C)c3c(C)c(C)c(C)cc3c2)cc1. The molecule has 24 heavy (non-hydrogen) atoms. The lowest BCUT2D eigenvalue weighted by Gasteiger charge is -2.28. The topological polar surface area (TPSA) is 0 Å². The average Bonchev–Trinajstić information content (AvgIpc) is 2.52. The van der Waals surface area contributed by atoms with E-state index in [-0.39, 0.29) is 5.41 Å². The van der Waals surface area contributed by atoms with Gasteiger partial charge in [0.15, 0.2) is 0 Å². The summed E-state index contributed by atoms with van der Waals surface area (Å²) in [7, 11) is 0. The maximum absolute atomic E-state index is 2.39. The molecule has 0 aliphatic carbocycles. The molecule has 0 aliphatic rings. The third-order valence-electron chi connectivity index (χ3n) is 5.76. The van der Waals surface area contributed by atoms with Gasteiger partial charge in [-0.25, -0.2) is 0 Å². The molecule has 0 aliphatic heterocycles. The Kier molecular flexibility index (Phi) is 4.03. The summed E-state index contributed by atoms with van der Waals surface area (Å²) >= 11 is 0. The second-order valence-corrected chi connectivity index (χ2v) is 7.83. The number of fused-ring (bicyclic) bond motifs is 1. The van der Waals surface area contributed by atoms with Crippen LogP contribution in [0.4, 0.5) is 0 Å². The summed E-state index contributed by atoms with van der Waals surface area (Å²) in [6.45, 7) is 15.7. The van der Waals surface area contributed by atoms with Crippen LogP contribution >= 0.6 is 0 Å². The molecule has 3 aromatic rings. The smallest absolute Gasteiger partial charge is 0.0146 e. The highest BCUT2D eigenvalue weighted by Crippen LogP contribution is 2.36. The monoisotopic (exact) mass is 316 g/mol. The molecule has 0 saturated heterocycles. The predicted molar refractivity (Wildman–Crippen MR) is 106 cm³/mol. The van der Waals surface area contributed by atoms with Crippen LogP contribution in [0.25, 0.3) is 10.8 Å². The normalized spacial score (nSPS) is 12.0. The summed E-state index contributed by atoms with van der Waals surface area (Å²) in [6.07, 6.45) is 0. The Morgan fingerprint density at radius 3 is 1.88 bits per heavy atom. The van der Waals surface area contributed by atoms with Gasteiger partial charge in [-0.1, -0.05) is 61.9 Å². The zero-order valence-electron chi connectivity index (χ0n) is 16.0. The van der Waals surface area contributed by atoms with E-state index < -0.39 is 0 Å². The highest BCUT2D eigenvalue weighted by molar-refractivity contribution is 5.91. The first-order valence-corrected chi connectivity index (χ1v) is 8.80. The van der Waals surface area contributed by atoms with Crippen molar-refractivity contribution in [2.45, 2.75) is 53.9 Å². The first kappa shape index (κ1) is 16.8. The van der Waals surface area contributed by atoms with Crippen molar-refractivity contribution in [1.82, 2.24) is 0 Å². The maximum Gasteiger partial charge on any atom is 0.0146 e. The van der Waals surface area contributed by atoms with E-state index >= 15 is 0 Å². The first-order valence-electron chi connectivity index (χ1n) is 8.80. The highest BCUT2D eigenvalue weighted by Gasteiger charge is 2.24. The lowest BCUT2D eigenvalue weighted by molar-refractivity contribution is 0.641. The molecular formula is C24H28. The molecule has 0 atom stereocenters. The van der Waals surface area contributed by atoms with Crippen molar-refractivity contribution >= 4 is 10.8 Å². The predicted octanol–water partition coefficient (Wildman–Crippen LogP) is 6.71. The number of rotatable bonds is 2. The molecule has 0 saturated carbocycles. The van der Waals surface area contributed by atoms with Gasteiger partial charge in [0, 0.05) is 5.41 Å². The summed E-state index contributed by atoms with van der Waals surface area (Å²) in [4.78, 5) is 0. The highest BCUT2D eigenvalue weighted by atomic mass is 14.3. The fourth-order valence-corrected chi connectivity index (χ4v) is 3.76. The zero-order valence-corrected chi connectivity index (χ0v) is 16.0. The van der Waals surface area contributed by atoms with Gasteiger partial charge in [-0.15, -0.1) is 0 Å². The molecule has 0 nitrogen and oxygen atoms in total. The van der Waals surface area contributed by atoms with Crippen molar-refractivity contribution in [3.8, 4) is 0 Å². The lowest BCUT2D eigenvalue weighted by Crippen LogP contribution is -2.19. The van der Waals surface area contributed by atoms with E-state index in [1.54, 1.807) is 0 Å². The van der Waals surface area contributed by atoms with Crippen molar-refractivity contribution < 1.29 is 0 Å². The molecule has 3 aromatic carbocycles. The second-order valence-electron chi connectivity index (χ2n) is 7.83. The summed E-state index contributed by atoms with van der Waals surface area (Å²) in [6, 6.07) is 16.1. The minimum Gasteiger partial charge on any atom is -0.0590 e. The van der Waals surface area contributed by atoms with Gasteiger partial charge in [0.25, 0.3) is 0 Å². The Bertz CT molecular complexity index is 909. The Hall–Kier alpha value is -2.08. The van der Waals surface area contributed by atoms with Crippen molar-refractivity contribution in [1.29, 1.82) is 0 Å². The standard InChI is InChI=1S/C24H28/c1-15-8-10-21(11-9-15)24(6,7)22-13-17(3)23-19(5)18(4)16(2)12-20(23)14-22/h8-14H,1-7H3. The fourth-order valence-electron chi connectivity index (χ4n) is 3.76. The number of hydrogen-bond acceptors (Lipinski definition) is 0. The average molecular weight is 316 g/mol. The molecule has 124 valence electrons. The minimum absolute atomic E-state index is 0.000649. The van der Waals surface area contributed by atoms with Gasteiger partial charge >= 0.3 is 0 Å². The van der Waals surface area contributed by atoms with Gasteiger partial charge in [-0.05, 0) is 78.8 Å². The summed E-state index contributed by atoms with van der Waals surface area (Å²) in [5.74, 6) is 0. The van der Waals surface area contributed by atoms with E-state index in [1.165, 1.54) is 49.7 Å². The number of benzene rings is 3. The van der Waals surface area contributed by atoms with Crippen molar-refractivity contribution in [3.05, 3.63) is 81.4 Å². The molecule has 0 heteroatoms. The number of hydrogen-bond donors (Lipinski definition) is 0. The van der Waals surface area contributed by atoms with E-state index in [0.717, 1.165) is 0 Å². The maximum atomic E-state index is 2.39. The van der Waals surface area contributed by atoms with E-state index in [9.17, 15) is 0 Å².